The van der Waals surface area contributed by atoms with Gasteiger partial charge in [0.1, 0.15) is 5.82 Å². The van der Waals surface area contributed by atoms with Crippen molar-refractivity contribution in [3.8, 4) is 11.3 Å². The van der Waals surface area contributed by atoms with Crippen LogP contribution in [0.2, 0.25) is 5.02 Å². The molecule has 1 N–H and O–H groups in total. The minimum Gasteiger partial charge on any atom is -0.378 e. The van der Waals surface area contributed by atoms with Crippen LogP contribution in [0.1, 0.15) is 13.3 Å². The molecule has 3 aliphatic heterocycles. The highest BCUT2D eigenvalue weighted by molar-refractivity contribution is 6.33. The van der Waals surface area contributed by atoms with Gasteiger partial charge in [-0.3, -0.25) is 4.79 Å². The molecular formula is C26H28ClN7O2. The molecule has 186 valence electrons. The molecule has 5 heterocycles. The summed E-state index contributed by atoms with van der Waals surface area (Å²) >= 11 is 6.69. The number of fused-ring (bicyclic) bond motifs is 2. The number of nitrogens with zero attached hydrogens (tertiary/aromatic N) is 6. The molecular weight excluding hydrogens is 478 g/mol. The van der Waals surface area contributed by atoms with E-state index in [2.05, 4.69) is 30.1 Å². The Morgan fingerprint density at radius 3 is 2.64 bits per heavy atom. The van der Waals surface area contributed by atoms with E-state index in [9.17, 15) is 4.79 Å². The summed E-state index contributed by atoms with van der Waals surface area (Å²) in [6, 6.07) is 12.4. The molecule has 1 amide bonds. The summed E-state index contributed by atoms with van der Waals surface area (Å²) in [5.74, 6) is 1.59. The molecule has 0 unspecified atom stereocenters. The van der Waals surface area contributed by atoms with Crippen LogP contribution < -0.4 is 15.1 Å². The lowest BCUT2D eigenvalue weighted by Gasteiger charge is -2.35. The second-order valence-electron chi connectivity index (χ2n) is 9.43. The average molecular weight is 506 g/mol. The molecule has 3 aromatic rings. The number of ether oxygens (including phenoxy) is 1. The normalized spacial score (nSPS) is 21.2. The van der Waals surface area contributed by atoms with Crippen LogP contribution in [-0.4, -0.2) is 77.2 Å². The van der Waals surface area contributed by atoms with Gasteiger partial charge in [0.15, 0.2) is 0 Å². The van der Waals surface area contributed by atoms with Crippen molar-refractivity contribution >= 4 is 40.6 Å². The summed E-state index contributed by atoms with van der Waals surface area (Å²) in [5, 5.41) is 3.94. The van der Waals surface area contributed by atoms with Crippen LogP contribution in [0, 0.1) is 0 Å². The first kappa shape index (κ1) is 23.0. The van der Waals surface area contributed by atoms with Gasteiger partial charge in [-0.1, -0.05) is 11.6 Å². The summed E-state index contributed by atoms with van der Waals surface area (Å²) in [6.45, 7) is 6.39. The van der Waals surface area contributed by atoms with Crippen molar-refractivity contribution in [2.75, 3.05) is 54.5 Å². The van der Waals surface area contributed by atoms with Gasteiger partial charge in [-0.2, -0.15) is 0 Å². The predicted molar refractivity (Wildman–Crippen MR) is 140 cm³/mol. The third kappa shape index (κ3) is 4.44. The highest BCUT2D eigenvalue weighted by Gasteiger charge is 2.44. The molecule has 1 aromatic carbocycles. The van der Waals surface area contributed by atoms with Crippen LogP contribution in [0.25, 0.3) is 11.3 Å². The van der Waals surface area contributed by atoms with Gasteiger partial charge in [0.25, 0.3) is 0 Å². The summed E-state index contributed by atoms with van der Waals surface area (Å²) in [5.41, 5.74) is 3.53. The Balaban J connectivity index is 1.14. The van der Waals surface area contributed by atoms with Crippen molar-refractivity contribution in [3.05, 3.63) is 53.8 Å². The molecule has 0 saturated carbocycles. The van der Waals surface area contributed by atoms with Crippen molar-refractivity contribution in [1.29, 1.82) is 0 Å². The minimum atomic E-state index is 0.152. The number of nitrogens with one attached hydrogen (secondary N) is 1. The van der Waals surface area contributed by atoms with Gasteiger partial charge in [-0.05, 0) is 42.8 Å². The van der Waals surface area contributed by atoms with E-state index in [1.165, 1.54) is 0 Å². The van der Waals surface area contributed by atoms with Gasteiger partial charge in [0.2, 0.25) is 11.9 Å². The number of amides is 1. The molecule has 2 atom stereocenters. The zero-order valence-electron chi connectivity index (χ0n) is 20.1. The minimum absolute atomic E-state index is 0.152. The van der Waals surface area contributed by atoms with Gasteiger partial charge >= 0.3 is 0 Å². The number of aromatic nitrogens is 3. The Morgan fingerprint density at radius 2 is 1.94 bits per heavy atom. The first-order chi connectivity index (χ1) is 17.5. The van der Waals surface area contributed by atoms with Crippen LogP contribution in [0.3, 0.4) is 0 Å². The van der Waals surface area contributed by atoms with E-state index in [0.717, 1.165) is 74.3 Å². The van der Waals surface area contributed by atoms with E-state index >= 15 is 0 Å². The Bertz CT molecular complexity index is 1270. The van der Waals surface area contributed by atoms with Gasteiger partial charge in [-0.25, -0.2) is 15.0 Å². The maximum atomic E-state index is 11.8. The predicted octanol–water partition coefficient (Wildman–Crippen LogP) is 3.58. The van der Waals surface area contributed by atoms with E-state index < -0.39 is 0 Å². The van der Waals surface area contributed by atoms with Crippen molar-refractivity contribution in [2.45, 2.75) is 25.4 Å². The van der Waals surface area contributed by atoms with E-state index in [1.54, 1.807) is 13.1 Å². The van der Waals surface area contributed by atoms with Gasteiger partial charge in [0.05, 0.1) is 35.7 Å². The van der Waals surface area contributed by atoms with Crippen LogP contribution >= 0.6 is 11.6 Å². The molecule has 0 spiro atoms. The number of carbonyl (C=O) groups is 1. The molecule has 2 bridgehead atoms. The zero-order chi connectivity index (χ0) is 24.6. The maximum absolute atomic E-state index is 11.8. The smallest absolute Gasteiger partial charge is 0.227 e. The number of morpholine rings is 1. The number of pyridine rings is 1. The summed E-state index contributed by atoms with van der Waals surface area (Å²) in [4.78, 5) is 32.0. The molecule has 3 fully saturated rings. The van der Waals surface area contributed by atoms with Crippen molar-refractivity contribution in [2.24, 2.45) is 0 Å². The topological polar surface area (TPSA) is 86.7 Å². The molecule has 36 heavy (non-hydrogen) atoms. The average Bonchev–Trinajstić information content (AvgIpc) is 3.51. The quantitative estimate of drug-likeness (QED) is 0.563. The highest BCUT2D eigenvalue weighted by atomic mass is 35.5. The number of hydrogen-bond donors (Lipinski definition) is 1. The monoisotopic (exact) mass is 505 g/mol. The second kappa shape index (κ2) is 9.55. The van der Waals surface area contributed by atoms with Crippen LogP contribution in [0.4, 0.5) is 23.1 Å². The lowest BCUT2D eigenvalue weighted by Crippen LogP contribution is -2.48. The van der Waals surface area contributed by atoms with E-state index in [-0.39, 0.29) is 11.9 Å². The van der Waals surface area contributed by atoms with Crippen molar-refractivity contribution < 1.29 is 9.53 Å². The number of benzene rings is 1. The van der Waals surface area contributed by atoms with Crippen LogP contribution in [0.15, 0.2) is 48.8 Å². The first-order valence-electron chi connectivity index (χ1n) is 12.3. The third-order valence-electron chi connectivity index (χ3n) is 7.19. The molecule has 10 heteroatoms. The Labute approximate surface area is 215 Å². The molecule has 2 aromatic heterocycles. The summed E-state index contributed by atoms with van der Waals surface area (Å²) in [7, 11) is 0. The summed E-state index contributed by atoms with van der Waals surface area (Å²) in [6.07, 6.45) is 4.58. The lowest BCUT2D eigenvalue weighted by molar-refractivity contribution is -0.129. The molecule has 3 aliphatic rings. The lowest BCUT2D eigenvalue weighted by atomic mass is 10.2. The number of anilines is 4. The van der Waals surface area contributed by atoms with E-state index in [4.69, 9.17) is 16.3 Å². The molecule has 3 saturated heterocycles. The number of hydrogen-bond acceptors (Lipinski definition) is 8. The van der Waals surface area contributed by atoms with Crippen molar-refractivity contribution in [3.63, 3.8) is 0 Å². The van der Waals surface area contributed by atoms with E-state index in [1.807, 2.05) is 47.5 Å². The van der Waals surface area contributed by atoms with E-state index in [0.29, 0.717) is 17.0 Å². The fourth-order valence-corrected chi connectivity index (χ4v) is 5.68. The molecule has 0 radical (unpaired) electrons. The Hall–Kier alpha value is -3.43. The van der Waals surface area contributed by atoms with Gasteiger partial charge in [-0.15, -0.1) is 0 Å². The molecule has 9 nitrogen and oxygen atoms in total. The van der Waals surface area contributed by atoms with Crippen LogP contribution in [-0.2, 0) is 9.53 Å². The fourth-order valence-electron chi connectivity index (χ4n) is 5.39. The molecule has 0 aliphatic carbocycles. The molecule has 6 rings (SSSR count). The van der Waals surface area contributed by atoms with Crippen LogP contribution in [0.5, 0.6) is 0 Å². The second-order valence-corrected chi connectivity index (χ2v) is 9.84. The number of carbonyl (C=O) groups excluding carboxylic acids is 1. The van der Waals surface area contributed by atoms with Gasteiger partial charge in [0, 0.05) is 62.8 Å². The summed E-state index contributed by atoms with van der Waals surface area (Å²) < 4.78 is 5.42. The maximum Gasteiger partial charge on any atom is 0.227 e. The van der Waals surface area contributed by atoms with Crippen molar-refractivity contribution in [1.82, 2.24) is 19.9 Å². The third-order valence-corrected chi connectivity index (χ3v) is 7.50. The number of halogens is 1. The first-order valence-corrected chi connectivity index (χ1v) is 12.7. The number of likely N-dealkylation sites (tertiary alicyclic amines) is 1. The number of rotatable bonds is 5. The Kier molecular flexibility index (Phi) is 6.10. The van der Waals surface area contributed by atoms with Gasteiger partial charge < -0.3 is 24.8 Å². The Morgan fingerprint density at radius 1 is 1.08 bits per heavy atom. The highest BCUT2D eigenvalue weighted by Crippen LogP contribution is 2.39. The fraction of sp³-hybridized carbons (Fsp3) is 0.385. The number of piperazine rings is 1. The standard InChI is InChI=1S/C26H28ClN7O2/c1-17(35)33-15-21-13-20(33)16-34(21)24-4-3-19(12-22(24)27)30-26-28-7-6-23(31-26)18-2-5-25(29-14-18)32-8-10-36-11-9-32/h2-7,12,14,20-21H,8-11,13,15-16H2,1H3,(H,28,30,31)/t20-,21-/m0/s1. The zero-order valence-corrected chi connectivity index (χ0v) is 20.9. The largest absolute Gasteiger partial charge is 0.378 e. The SMILES string of the molecule is CC(=O)N1C[C@@H]2C[C@H]1CN2c1ccc(Nc2nccc(-c3ccc(N4CCOCC4)nc3)n2)cc1Cl.